The van der Waals surface area contributed by atoms with Crippen molar-refractivity contribution in [1.82, 2.24) is 9.97 Å². The van der Waals surface area contributed by atoms with Crippen molar-refractivity contribution < 1.29 is 22.7 Å². The van der Waals surface area contributed by atoms with Crippen LogP contribution in [0.3, 0.4) is 0 Å². The minimum Gasteiger partial charge on any atom is -0.462 e. The van der Waals surface area contributed by atoms with Crippen LogP contribution in [0.25, 0.3) is 11.4 Å². The first-order valence-electron chi connectivity index (χ1n) is 6.11. The summed E-state index contributed by atoms with van der Waals surface area (Å²) in [6.07, 6.45) is -2.01. The number of carbonyl (C=O) groups excluding carboxylic acids is 1. The van der Waals surface area contributed by atoms with E-state index in [4.69, 9.17) is 0 Å². The van der Waals surface area contributed by atoms with E-state index in [2.05, 4.69) is 14.7 Å². The third kappa shape index (κ3) is 3.36. The molecule has 0 aliphatic carbocycles. The normalized spacial score (nSPS) is 10.7. The molecule has 1 aromatic carbocycles. The van der Waals surface area contributed by atoms with Crippen LogP contribution in [-0.2, 0) is 4.74 Å². The highest BCUT2D eigenvalue weighted by Crippen LogP contribution is 2.24. The molecule has 110 valence electrons. The lowest BCUT2D eigenvalue weighted by molar-refractivity contribution is 0.0513. The van der Waals surface area contributed by atoms with E-state index in [9.17, 15) is 18.0 Å². The number of carbonyl (C=O) groups is 1. The van der Waals surface area contributed by atoms with Gasteiger partial charge in [0, 0.05) is 11.8 Å². The molecule has 0 atom stereocenters. The maximum absolute atomic E-state index is 13.1. The van der Waals surface area contributed by atoms with Crippen LogP contribution in [0.15, 0.2) is 30.5 Å². The van der Waals surface area contributed by atoms with Gasteiger partial charge in [-0.2, -0.15) is 0 Å². The Bertz CT molecular complexity index is 662. The SMILES string of the molecule is CCOC(=O)c1cnc(-c2cccc(F)c2)nc1C(F)F. The van der Waals surface area contributed by atoms with Gasteiger partial charge in [-0.25, -0.2) is 27.9 Å². The second kappa shape index (κ2) is 6.34. The van der Waals surface area contributed by atoms with Gasteiger partial charge in [-0.15, -0.1) is 0 Å². The number of ether oxygens (including phenoxy) is 1. The topological polar surface area (TPSA) is 52.1 Å². The monoisotopic (exact) mass is 296 g/mol. The largest absolute Gasteiger partial charge is 0.462 e. The van der Waals surface area contributed by atoms with Gasteiger partial charge in [0.1, 0.15) is 17.1 Å². The fourth-order valence-electron chi connectivity index (χ4n) is 1.69. The van der Waals surface area contributed by atoms with Gasteiger partial charge in [-0.1, -0.05) is 12.1 Å². The molecule has 0 saturated heterocycles. The Hall–Kier alpha value is -2.44. The molecule has 0 amide bonds. The second-order valence-electron chi connectivity index (χ2n) is 4.02. The lowest BCUT2D eigenvalue weighted by Gasteiger charge is -2.09. The average molecular weight is 296 g/mol. The molecule has 21 heavy (non-hydrogen) atoms. The van der Waals surface area contributed by atoms with Gasteiger partial charge in [-0.3, -0.25) is 0 Å². The van der Waals surface area contributed by atoms with Crippen LogP contribution < -0.4 is 0 Å². The molecule has 0 aliphatic heterocycles. The zero-order valence-corrected chi connectivity index (χ0v) is 11.0. The van der Waals surface area contributed by atoms with Crippen molar-refractivity contribution in [1.29, 1.82) is 0 Å². The summed E-state index contributed by atoms with van der Waals surface area (Å²) in [4.78, 5) is 19.1. The van der Waals surface area contributed by atoms with Crippen LogP contribution in [0.1, 0.15) is 29.4 Å². The number of halogens is 3. The van der Waals surface area contributed by atoms with Crippen molar-refractivity contribution in [3.05, 3.63) is 47.5 Å². The summed E-state index contributed by atoms with van der Waals surface area (Å²) in [6, 6.07) is 5.23. The number of hydrogen-bond donors (Lipinski definition) is 0. The van der Waals surface area contributed by atoms with Gasteiger partial charge in [0.05, 0.1) is 6.61 Å². The highest BCUT2D eigenvalue weighted by atomic mass is 19.3. The van der Waals surface area contributed by atoms with Crippen molar-refractivity contribution in [3.8, 4) is 11.4 Å². The fraction of sp³-hybridized carbons (Fsp3) is 0.214. The highest BCUT2D eigenvalue weighted by molar-refractivity contribution is 5.90. The summed E-state index contributed by atoms with van der Waals surface area (Å²) in [5.41, 5.74) is -0.887. The summed E-state index contributed by atoms with van der Waals surface area (Å²) in [7, 11) is 0. The molecule has 0 unspecified atom stereocenters. The first-order valence-corrected chi connectivity index (χ1v) is 6.11. The van der Waals surface area contributed by atoms with Gasteiger partial charge in [0.25, 0.3) is 6.43 Å². The maximum Gasteiger partial charge on any atom is 0.341 e. The molecule has 0 radical (unpaired) electrons. The molecule has 0 spiro atoms. The number of nitrogens with zero attached hydrogens (tertiary/aromatic N) is 2. The molecule has 1 aromatic heterocycles. The van der Waals surface area contributed by atoms with Gasteiger partial charge in [-0.05, 0) is 19.1 Å². The molecule has 7 heteroatoms. The van der Waals surface area contributed by atoms with E-state index < -0.39 is 29.5 Å². The van der Waals surface area contributed by atoms with Crippen LogP contribution in [0.2, 0.25) is 0 Å². The molecule has 2 rings (SSSR count). The van der Waals surface area contributed by atoms with Crippen LogP contribution >= 0.6 is 0 Å². The first kappa shape index (κ1) is 15.0. The summed E-state index contributed by atoms with van der Waals surface area (Å²) >= 11 is 0. The minimum absolute atomic E-state index is 0.0488. The number of hydrogen-bond acceptors (Lipinski definition) is 4. The summed E-state index contributed by atoms with van der Waals surface area (Å²) in [6.45, 7) is 1.61. The van der Waals surface area contributed by atoms with Crippen molar-refractivity contribution in [3.63, 3.8) is 0 Å². The van der Waals surface area contributed by atoms with E-state index in [1.54, 1.807) is 6.92 Å². The van der Waals surface area contributed by atoms with E-state index in [-0.39, 0.29) is 18.0 Å². The summed E-state index contributed by atoms with van der Waals surface area (Å²) in [5.74, 6) is -1.54. The molecule has 1 heterocycles. The second-order valence-corrected chi connectivity index (χ2v) is 4.02. The predicted molar refractivity (Wildman–Crippen MR) is 68.3 cm³/mol. The van der Waals surface area contributed by atoms with E-state index in [1.807, 2.05) is 0 Å². The van der Waals surface area contributed by atoms with Crippen LogP contribution in [0.5, 0.6) is 0 Å². The summed E-state index contributed by atoms with van der Waals surface area (Å²) in [5, 5.41) is 0. The number of esters is 1. The van der Waals surface area contributed by atoms with E-state index in [1.165, 1.54) is 18.2 Å². The number of rotatable bonds is 4. The molecule has 0 N–H and O–H groups in total. The highest BCUT2D eigenvalue weighted by Gasteiger charge is 2.23. The number of aromatic nitrogens is 2. The average Bonchev–Trinajstić information content (AvgIpc) is 2.46. The predicted octanol–water partition coefficient (Wildman–Crippen LogP) is 3.40. The molecule has 0 fully saturated rings. The molecule has 0 saturated carbocycles. The Morgan fingerprint density at radius 1 is 1.38 bits per heavy atom. The van der Waals surface area contributed by atoms with Gasteiger partial charge in [0.15, 0.2) is 5.82 Å². The van der Waals surface area contributed by atoms with Crippen LogP contribution in [0.4, 0.5) is 13.2 Å². The van der Waals surface area contributed by atoms with E-state index >= 15 is 0 Å². The van der Waals surface area contributed by atoms with Crippen molar-refractivity contribution >= 4 is 5.97 Å². The van der Waals surface area contributed by atoms with Crippen LogP contribution in [-0.4, -0.2) is 22.5 Å². The standard InChI is InChI=1S/C14H11F3N2O2/c1-2-21-14(20)10-7-18-13(19-11(10)12(16)17)8-4-3-5-9(15)6-8/h3-7,12H,2H2,1H3. The van der Waals surface area contributed by atoms with Gasteiger partial charge >= 0.3 is 5.97 Å². The maximum atomic E-state index is 13.1. The minimum atomic E-state index is -2.97. The molecular weight excluding hydrogens is 285 g/mol. The van der Waals surface area contributed by atoms with Crippen molar-refractivity contribution in [2.24, 2.45) is 0 Å². The molecule has 4 nitrogen and oxygen atoms in total. The van der Waals surface area contributed by atoms with Crippen molar-refractivity contribution in [2.75, 3.05) is 6.61 Å². The smallest absolute Gasteiger partial charge is 0.341 e. The lowest BCUT2D eigenvalue weighted by Crippen LogP contribution is -2.11. The molecule has 0 aliphatic rings. The number of benzene rings is 1. The Kier molecular flexibility index (Phi) is 4.52. The zero-order chi connectivity index (χ0) is 15.4. The zero-order valence-electron chi connectivity index (χ0n) is 11.0. The van der Waals surface area contributed by atoms with Gasteiger partial charge in [0.2, 0.25) is 0 Å². The molecule has 2 aromatic rings. The van der Waals surface area contributed by atoms with E-state index in [0.717, 1.165) is 12.3 Å². The molecular formula is C14H11F3N2O2. The quantitative estimate of drug-likeness (QED) is 0.811. The van der Waals surface area contributed by atoms with Crippen LogP contribution in [0, 0.1) is 5.82 Å². The Morgan fingerprint density at radius 2 is 2.14 bits per heavy atom. The van der Waals surface area contributed by atoms with E-state index in [0.29, 0.717) is 0 Å². The lowest BCUT2D eigenvalue weighted by atomic mass is 10.2. The first-order chi connectivity index (χ1) is 10.0. The molecule has 0 bridgehead atoms. The third-order valence-electron chi connectivity index (χ3n) is 2.60. The Labute approximate surface area is 118 Å². The fourth-order valence-corrected chi connectivity index (χ4v) is 1.69. The Balaban J connectivity index is 2.48. The summed E-state index contributed by atoms with van der Waals surface area (Å²) < 4.78 is 43.9. The Morgan fingerprint density at radius 3 is 2.76 bits per heavy atom. The third-order valence-corrected chi connectivity index (χ3v) is 2.60. The van der Waals surface area contributed by atoms with Crippen molar-refractivity contribution in [2.45, 2.75) is 13.3 Å². The van der Waals surface area contributed by atoms with Gasteiger partial charge < -0.3 is 4.74 Å². The number of alkyl halides is 2.